The molecule has 0 radical (unpaired) electrons. The molecule has 6 rings (SSSR count). The molecule has 2 amide bonds. The van der Waals surface area contributed by atoms with Crippen LogP contribution in [0.25, 0.3) is 0 Å². The molecule has 0 unspecified atom stereocenters. The average molecular weight is 521 g/mol. The summed E-state index contributed by atoms with van der Waals surface area (Å²) in [4.78, 5) is 34.2. The summed E-state index contributed by atoms with van der Waals surface area (Å²) >= 11 is 0. The number of carbonyl (C=O) groups excluding carboxylic acids is 2. The van der Waals surface area contributed by atoms with E-state index in [-0.39, 0.29) is 24.2 Å². The van der Waals surface area contributed by atoms with Crippen LogP contribution in [0.15, 0.2) is 42.5 Å². The van der Waals surface area contributed by atoms with Gasteiger partial charge in [-0.15, -0.1) is 5.10 Å². The van der Waals surface area contributed by atoms with Crippen molar-refractivity contribution in [3.05, 3.63) is 65.5 Å². The number of H-pyrrole nitrogens is 1. The molecule has 10 nitrogen and oxygen atoms in total. The van der Waals surface area contributed by atoms with Crippen LogP contribution in [0, 0.1) is 11.2 Å². The standard InChI is InChI=1S/C27H29FN6O4/c1-33-21-13-19(34-15-27(16-34)8-10-37-11-9-27)6-7-22(21)38-14-20(26(33)36)29-25(35)24-30-23(31-32-24)12-17-2-4-18(28)5-3-17/h2-7,13,20H,8-12,14-16H2,1H3,(H,29,35)(H,30,31,32)/t20-/m1/s1. The van der Waals surface area contributed by atoms with Crippen LogP contribution in [0.3, 0.4) is 0 Å². The lowest BCUT2D eigenvalue weighted by molar-refractivity contribution is -0.120. The third-order valence-corrected chi connectivity index (χ3v) is 7.63. The van der Waals surface area contributed by atoms with E-state index >= 15 is 0 Å². The minimum atomic E-state index is -0.906. The number of likely N-dealkylation sites (N-methyl/N-ethyl adjacent to an activating group) is 1. The molecule has 1 atom stereocenters. The number of ether oxygens (including phenoxy) is 2. The Kier molecular flexibility index (Phi) is 6.22. The van der Waals surface area contributed by atoms with E-state index in [2.05, 4.69) is 25.4 Å². The fourth-order valence-corrected chi connectivity index (χ4v) is 5.35. The maximum Gasteiger partial charge on any atom is 0.291 e. The Balaban J connectivity index is 1.10. The van der Waals surface area contributed by atoms with Gasteiger partial charge in [0, 0.05) is 50.9 Å². The predicted molar refractivity (Wildman–Crippen MR) is 137 cm³/mol. The number of benzene rings is 2. The number of aromatic amines is 1. The van der Waals surface area contributed by atoms with Gasteiger partial charge in [0.15, 0.2) is 0 Å². The second-order valence-electron chi connectivity index (χ2n) is 10.3. The van der Waals surface area contributed by atoms with Crippen LogP contribution in [-0.2, 0) is 16.0 Å². The first-order valence-electron chi connectivity index (χ1n) is 12.7. The summed E-state index contributed by atoms with van der Waals surface area (Å²) in [5.74, 6) is -0.245. The normalized spacial score (nSPS) is 20.4. The third-order valence-electron chi connectivity index (χ3n) is 7.63. The third kappa shape index (κ3) is 4.69. The molecule has 3 aliphatic heterocycles. The van der Waals surface area contributed by atoms with E-state index in [1.807, 2.05) is 18.2 Å². The van der Waals surface area contributed by atoms with Crippen molar-refractivity contribution < 1.29 is 23.5 Å². The lowest BCUT2D eigenvalue weighted by atomic mass is 9.73. The molecule has 0 saturated carbocycles. The van der Waals surface area contributed by atoms with Crippen molar-refractivity contribution in [2.24, 2.45) is 5.41 Å². The fourth-order valence-electron chi connectivity index (χ4n) is 5.35. The fraction of sp³-hybridized carbons (Fsp3) is 0.407. The molecule has 0 bridgehead atoms. The highest BCUT2D eigenvalue weighted by molar-refractivity contribution is 6.02. The number of hydrogen-bond donors (Lipinski definition) is 2. The molecule has 1 spiro atoms. The maximum absolute atomic E-state index is 13.3. The largest absolute Gasteiger partial charge is 0.489 e. The Morgan fingerprint density at radius 3 is 2.71 bits per heavy atom. The zero-order chi connectivity index (χ0) is 26.3. The summed E-state index contributed by atoms with van der Waals surface area (Å²) in [6.07, 6.45) is 2.52. The minimum Gasteiger partial charge on any atom is -0.489 e. The first kappa shape index (κ1) is 24.4. The number of nitrogens with zero attached hydrogens (tertiary/aromatic N) is 4. The number of amides is 2. The Morgan fingerprint density at radius 2 is 1.95 bits per heavy atom. The molecule has 2 N–H and O–H groups in total. The highest BCUT2D eigenvalue weighted by atomic mass is 19.1. The molecule has 4 heterocycles. The van der Waals surface area contributed by atoms with Gasteiger partial charge >= 0.3 is 0 Å². The van der Waals surface area contributed by atoms with Gasteiger partial charge in [-0.25, -0.2) is 9.37 Å². The zero-order valence-electron chi connectivity index (χ0n) is 21.1. The van der Waals surface area contributed by atoms with E-state index in [1.165, 1.54) is 17.0 Å². The van der Waals surface area contributed by atoms with Crippen molar-refractivity contribution in [2.45, 2.75) is 25.3 Å². The average Bonchev–Trinajstić information content (AvgIpc) is 3.35. The number of halogens is 1. The van der Waals surface area contributed by atoms with Gasteiger partial charge in [0.25, 0.3) is 11.8 Å². The Hall–Kier alpha value is -3.99. The SMILES string of the molecule is CN1C(=O)[C@H](NC(=O)c2n[nH]c(Cc3ccc(F)cc3)n2)COc2ccc(N3CC4(CCOCC4)C3)cc21. The van der Waals surface area contributed by atoms with Crippen LogP contribution in [0.2, 0.25) is 0 Å². The molecule has 2 saturated heterocycles. The van der Waals surface area contributed by atoms with Crippen molar-refractivity contribution in [2.75, 3.05) is 49.8 Å². The van der Waals surface area contributed by atoms with E-state index in [0.717, 1.165) is 50.4 Å². The zero-order valence-corrected chi connectivity index (χ0v) is 21.1. The topological polar surface area (TPSA) is 113 Å². The predicted octanol–water partition coefficient (Wildman–Crippen LogP) is 2.31. The van der Waals surface area contributed by atoms with Crippen LogP contribution < -0.4 is 19.9 Å². The van der Waals surface area contributed by atoms with Crippen LogP contribution >= 0.6 is 0 Å². The molecule has 2 fully saturated rings. The van der Waals surface area contributed by atoms with Crippen molar-refractivity contribution in [1.82, 2.24) is 20.5 Å². The van der Waals surface area contributed by atoms with E-state index < -0.39 is 11.9 Å². The number of aromatic nitrogens is 3. The molecule has 198 valence electrons. The summed E-state index contributed by atoms with van der Waals surface area (Å²) in [6, 6.07) is 11.0. The van der Waals surface area contributed by atoms with Gasteiger partial charge in [-0.05, 0) is 48.7 Å². The van der Waals surface area contributed by atoms with E-state index in [9.17, 15) is 14.0 Å². The number of hydrogen-bond acceptors (Lipinski definition) is 7. The summed E-state index contributed by atoms with van der Waals surface area (Å²) < 4.78 is 24.6. The van der Waals surface area contributed by atoms with Crippen molar-refractivity contribution in [3.8, 4) is 5.75 Å². The van der Waals surface area contributed by atoms with E-state index in [4.69, 9.17) is 9.47 Å². The van der Waals surface area contributed by atoms with Crippen molar-refractivity contribution in [1.29, 1.82) is 0 Å². The quantitative estimate of drug-likeness (QED) is 0.531. The van der Waals surface area contributed by atoms with Gasteiger partial charge in [0.2, 0.25) is 5.82 Å². The van der Waals surface area contributed by atoms with Gasteiger partial charge in [0.1, 0.15) is 30.0 Å². The second-order valence-corrected chi connectivity index (χ2v) is 10.3. The van der Waals surface area contributed by atoms with E-state index in [1.54, 1.807) is 19.2 Å². The highest BCUT2D eigenvalue weighted by Crippen LogP contribution is 2.44. The summed E-state index contributed by atoms with van der Waals surface area (Å²) in [5.41, 5.74) is 2.86. The first-order chi connectivity index (χ1) is 18.4. The molecular weight excluding hydrogens is 491 g/mol. The summed E-state index contributed by atoms with van der Waals surface area (Å²) in [7, 11) is 1.68. The Morgan fingerprint density at radius 1 is 1.18 bits per heavy atom. The Bertz CT molecular complexity index is 1350. The molecule has 2 aromatic carbocycles. The highest BCUT2D eigenvalue weighted by Gasteiger charge is 2.44. The van der Waals surface area contributed by atoms with Gasteiger partial charge in [0.05, 0.1) is 5.69 Å². The first-order valence-corrected chi connectivity index (χ1v) is 12.7. The van der Waals surface area contributed by atoms with Crippen molar-refractivity contribution >= 4 is 23.2 Å². The van der Waals surface area contributed by atoms with Crippen LogP contribution in [0.1, 0.15) is 34.8 Å². The van der Waals surface area contributed by atoms with Crippen LogP contribution in [0.5, 0.6) is 5.75 Å². The monoisotopic (exact) mass is 520 g/mol. The number of anilines is 2. The van der Waals surface area contributed by atoms with E-state index in [0.29, 0.717) is 29.1 Å². The number of fused-ring (bicyclic) bond motifs is 1. The molecule has 0 aliphatic carbocycles. The van der Waals surface area contributed by atoms with Gasteiger partial charge in [-0.2, -0.15) is 0 Å². The molecule has 3 aromatic rings. The van der Waals surface area contributed by atoms with Crippen LogP contribution in [0.4, 0.5) is 15.8 Å². The maximum atomic E-state index is 13.3. The summed E-state index contributed by atoms with van der Waals surface area (Å²) in [5, 5.41) is 9.41. The number of nitrogens with one attached hydrogen (secondary N) is 2. The molecule has 3 aliphatic rings. The number of rotatable bonds is 5. The van der Waals surface area contributed by atoms with Gasteiger partial charge in [-0.3, -0.25) is 14.7 Å². The molecule has 1 aromatic heterocycles. The number of carbonyl (C=O) groups is 2. The lowest BCUT2D eigenvalue weighted by Gasteiger charge is -2.53. The minimum absolute atomic E-state index is 0.0130. The van der Waals surface area contributed by atoms with Gasteiger partial charge < -0.3 is 24.6 Å². The second kappa shape index (κ2) is 9.71. The Labute approximate surface area is 219 Å². The lowest BCUT2D eigenvalue weighted by Crippen LogP contribution is -2.58. The molecule has 11 heteroatoms. The van der Waals surface area contributed by atoms with Crippen molar-refractivity contribution in [3.63, 3.8) is 0 Å². The smallest absolute Gasteiger partial charge is 0.291 e. The van der Waals surface area contributed by atoms with Gasteiger partial charge in [-0.1, -0.05) is 12.1 Å². The van der Waals surface area contributed by atoms with Crippen LogP contribution in [-0.4, -0.2) is 73.0 Å². The molecule has 38 heavy (non-hydrogen) atoms. The summed E-state index contributed by atoms with van der Waals surface area (Å²) in [6.45, 7) is 3.58. The molecular formula is C27H29FN6O4.